The fourth-order valence-electron chi connectivity index (χ4n) is 2.28. The average Bonchev–Trinajstić information content (AvgIpc) is 2.59. The Hall–Kier alpha value is -2.69. The molecule has 1 aromatic rings. The van der Waals surface area contributed by atoms with Gasteiger partial charge < -0.3 is 10.5 Å². The summed E-state index contributed by atoms with van der Waals surface area (Å²) in [7, 11) is 1.73. The fourth-order valence-corrected chi connectivity index (χ4v) is 2.28. The van der Waals surface area contributed by atoms with Crippen molar-refractivity contribution in [3.8, 4) is 0 Å². The molecule has 0 bridgehead atoms. The standard InChI is InChI=1S/C18H21N3O2/c1-3-13-7-9-14(10-8-13)17(21-19-2)12-20-16-6-4-5-15(11-16)18(22)23/h6-12,19H,3-5H2,1-2H3,(H,22,23). The molecule has 0 aliphatic heterocycles. The largest absolute Gasteiger partial charge is 0.478 e. The molecule has 0 aromatic heterocycles. The number of nitrogens with zero attached hydrogens (tertiary/aromatic N) is 2. The number of carboxylic acids is 1. The number of rotatable bonds is 6. The van der Waals surface area contributed by atoms with Gasteiger partial charge in [0, 0.05) is 18.2 Å². The molecule has 0 amide bonds. The summed E-state index contributed by atoms with van der Waals surface area (Å²) >= 11 is 0. The van der Waals surface area contributed by atoms with Gasteiger partial charge in [-0.1, -0.05) is 37.3 Å². The Kier molecular flexibility index (Phi) is 5.86. The zero-order chi connectivity index (χ0) is 16.7. The SMILES string of the molecule is CCc1ccc(C(C=NC2=CCCC(C(=O)O)=C2)=NNC)cc1. The Morgan fingerprint density at radius 2 is 2.09 bits per heavy atom. The molecule has 0 unspecified atom stereocenters. The van der Waals surface area contributed by atoms with E-state index < -0.39 is 5.97 Å². The van der Waals surface area contributed by atoms with E-state index in [1.165, 1.54) is 5.56 Å². The molecular formula is C18H21N3O2. The van der Waals surface area contributed by atoms with Crippen LogP contribution in [0.5, 0.6) is 0 Å². The molecule has 2 rings (SSSR count). The highest BCUT2D eigenvalue weighted by Gasteiger charge is 2.11. The number of aryl methyl sites for hydroxylation is 1. The summed E-state index contributed by atoms with van der Waals surface area (Å²) < 4.78 is 0. The molecule has 120 valence electrons. The monoisotopic (exact) mass is 311 g/mol. The quantitative estimate of drug-likeness (QED) is 0.626. The van der Waals surface area contributed by atoms with Gasteiger partial charge in [0.05, 0.1) is 11.9 Å². The number of allylic oxidation sites excluding steroid dienone is 2. The Bertz CT molecular complexity index is 683. The van der Waals surface area contributed by atoms with E-state index in [4.69, 9.17) is 5.11 Å². The van der Waals surface area contributed by atoms with Crippen molar-refractivity contribution in [3.05, 3.63) is 58.8 Å². The predicted octanol–water partition coefficient (Wildman–Crippen LogP) is 2.93. The maximum Gasteiger partial charge on any atom is 0.331 e. The van der Waals surface area contributed by atoms with Gasteiger partial charge in [0.25, 0.3) is 0 Å². The Morgan fingerprint density at radius 3 is 2.70 bits per heavy atom. The first kappa shape index (κ1) is 16.7. The molecule has 0 saturated heterocycles. The minimum Gasteiger partial charge on any atom is -0.478 e. The number of carboxylic acid groups (broad SMARTS) is 1. The molecule has 1 aromatic carbocycles. The lowest BCUT2D eigenvalue weighted by Crippen LogP contribution is -2.09. The number of aliphatic carboxylic acids is 1. The van der Waals surface area contributed by atoms with Crippen LogP contribution in [0.3, 0.4) is 0 Å². The van der Waals surface area contributed by atoms with Crippen molar-refractivity contribution in [2.75, 3.05) is 7.05 Å². The number of benzene rings is 1. The highest BCUT2D eigenvalue weighted by atomic mass is 16.4. The lowest BCUT2D eigenvalue weighted by molar-refractivity contribution is -0.132. The smallest absolute Gasteiger partial charge is 0.331 e. The molecule has 23 heavy (non-hydrogen) atoms. The van der Waals surface area contributed by atoms with Crippen molar-refractivity contribution >= 4 is 17.9 Å². The minimum atomic E-state index is -0.884. The van der Waals surface area contributed by atoms with Gasteiger partial charge in [-0.3, -0.25) is 4.99 Å². The average molecular weight is 311 g/mol. The lowest BCUT2D eigenvalue weighted by atomic mass is 10.0. The maximum atomic E-state index is 11.0. The second kappa shape index (κ2) is 8.08. The van der Waals surface area contributed by atoms with Gasteiger partial charge in [0.1, 0.15) is 5.71 Å². The number of hydrogen-bond acceptors (Lipinski definition) is 4. The molecule has 0 radical (unpaired) electrons. The summed E-state index contributed by atoms with van der Waals surface area (Å²) in [5, 5.41) is 13.3. The number of carbonyl (C=O) groups is 1. The van der Waals surface area contributed by atoms with Crippen molar-refractivity contribution in [2.45, 2.75) is 26.2 Å². The second-order valence-corrected chi connectivity index (χ2v) is 5.17. The molecule has 1 aliphatic rings. The minimum absolute atomic E-state index is 0.388. The van der Waals surface area contributed by atoms with E-state index in [0.29, 0.717) is 29.8 Å². The van der Waals surface area contributed by atoms with Gasteiger partial charge in [-0.05, 0) is 30.9 Å². The lowest BCUT2D eigenvalue weighted by Gasteiger charge is -2.07. The topological polar surface area (TPSA) is 74.0 Å². The molecule has 5 heteroatoms. The summed E-state index contributed by atoms with van der Waals surface area (Å²) in [4.78, 5) is 15.4. The van der Waals surface area contributed by atoms with Crippen LogP contribution in [0.1, 0.15) is 30.9 Å². The normalized spacial score (nSPS) is 15.3. The molecule has 0 spiro atoms. The highest BCUT2D eigenvalue weighted by Crippen LogP contribution is 2.18. The Labute approximate surface area is 136 Å². The van der Waals surface area contributed by atoms with Crippen LogP contribution in [0.4, 0.5) is 0 Å². The van der Waals surface area contributed by atoms with Gasteiger partial charge in [0.15, 0.2) is 0 Å². The summed E-state index contributed by atoms with van der Waals surface area (Å²) in [6.07, 6.45) is 7.42. The summed E-state index contributed by atoms with van der Waals surface area (Å²) in [5.74, 6) is -0.884. The number of hydrazone groups is 1. The van der Waals surface area contributed by atoms with Crippen LogP contribution in [-0.2, 0) is 11.2 Å². The zero-order valence-corrected chi connectivity index (χ0v) is 13.4. The number of nitrogens with one attached hydrogen (secondary N) is 1. The van der Waals surface area contributed by atoms with Crippen LogP contribution >= 0.6 is 0 Å². The van der Waals surface area contributed by atoms with Crippen LogP contribution in [0.2, 0.25) is 0 Å². The molecule has 0 heterocycles. The van der Waals surface area contributed by atoms with E-state index in [2.05, 4.69) is 34.6 Å². The van der Waals surface area contributed by atoms with Gasteiger partial charge in [-0.25, -0.2) is 4.79 Å². The van der Waals surface area contributed by atoms with Crippen LogP contribution in [-0.4, -0.2) is 30.0 Å². The molecule has 0 atom stereocenters. The maximum absolute atomic E-state index is 11.0. The van der Waals surface area contributed by atoms with E-state index in [9.17, 15) is 4.79 Å². The van der Waals surface area contributed by atoms with Crippen molar-refractivity contribution < 1.29 is 9.90 Å². The third kappa shape index (κ3) is 4.64. The highest BCUT2D eigenvalue weighted by molar-refractivity contribution is 6.38. The molecular weight excluding hydrogens is 290 g/mol. The van der Waals surface area contributed by atoms with E-state index in [0.717, 1.165) is 12.0 Å². The molecule has 2 N–H and O–H groups in total. The summed E-state index contributed by atoms with van der Waals surface area (Å²) in [5.41, 5.74) is 6.74. The van der Waals surface area contributed by atoms with Crippen LogP contribution in [0.15, 0.2) is 57.8 Å². The number of hydrogen-bond donors (Lipinski definition) is 2. The third-order valence-electron chi connectivity index (χ3n) is 3.59. The predicted molar refractivity (Wildman–Crippen MR) is 92.9 cm³/mol. The van der Waals surface area contributed by atoms with Gasteiger partial charge in [-0.15, -0.1) is 0 Å². The van der Waals surface area contributed by atoms with Gasteiger partial charge in [0.2, 0.25) is 0 Å². The van der Waals surface area contributed by atoms with Crippen LogP contribution in [0.25, 0.3) is 0 Å². The van der Waals surface area contributed by atoms with Gasteiger partial charge >= 0.3 is 5.97 Å². The summed E-state index contributed by atoms with van der Waals surface area (Å²) in [6, 6.07) is 8.15. The second-order valence-electron chi connectivity index (χ2n) is 5.17. The first-order valence-corrected chi connectivity index (χ1v) is 7.66. The molecule has 5 nitrogen and oxygen atoms in total. The first-order chi connectivity index (χ1) is 11.1. The van der Waals surface area contributed by atoms with Crippen molar-refractivity contribution in [3.63, 3.8) is 0 Å². The van der Waals surface area contributed by atoms with Crippen molar-refractivity contribution in [1.29, 1.82) is 0 Å². The van der Waals surface area contributed by atoms with Crippen LogP contribution in [0, 0.1) is 0 Å². The van der Waals surface area contributed by atoms with Crippen molar-refractivity contribution in [2.24, 2.45) is 10.1 Å². The van der Waals surface area contributed by atoms with E-state index in [1.807, 2.05) is 18.2 Å². The molecule has 0 saturated carbocycles. The van der Waals surface area contributed by atoms with Crippen molar-refractivity contribution in [1.82, 2.24) is 5.43 Å². The summed E-state index contributed by atoms with van der Waals surface area (Å²) in [6.45, 7) is 2.11. The molecule has 0 fully saturated rings. The molecule has 1 aliphatic carbocycles. The fraction of sp³-hybridized carbons (Fsp3) is 0.278. The zero-order valence-electron chi connectivity index (χ0n) is 13.4. The van der Waals surface area contributed by atoms with Gasteiger partial charge in [-0.2, -0.15) is 5.10 Å². The number of aliphatic imine (C=N–C) groups is 1. The Balaban J connectivity index is 2.21. The van der Waals surface area contributed by atoms with E-state index in [1.54, 1.807) is 19.3 Å². The van der Waals surface area contributed by atoms with E-state index in [-0.39, 0.29) is 0 Å². The Morgan fingerprint density at radius 1 is 1.35 bits per heavy atom. The van der Waals surface area contributed by atoms with E-state index >= 15 is 0 Å². The first-order valence-electron chi connectivity index (χ1n) is 7.66. The third-order valence-corrected chi connectivity index (χ3v) is 3.59. The van der Waals surface area contributed by atoms with Crippen LogP contribution < -0.4 is 5.43 Å².